The van der Waals surface area contributed by atoms with Crippen LogP contribution in [0.15, 0.2) is 36.5 Å². The largest absolute Gasteiger partial charge is 0.466 e. The molecule has 2 atom stereocenters. The minimum atomic E-state index is -0.841. The van der Waals surface area contributed by atoms with Crippen LogP contribution < -0.4 is 5.32 Å². The second kappa shape index (κ2) is 59.6. The standard InChI is InChI=1S/C64H121NO5/c1-3-5-7-9-11-13-14-15-31-35-38-42-46-50-54-58-64(69)70-59-55-51-47-43-39-36-33-30-28-26-24-22-20-18-16-17-19-21-23-25-27-29-32-34-37-41-45-49-53-57-63(68)65-61(60-66)62(67)56-52-48-44-40-12-10-8-6-4-2/h15-16,18,31,52,56,61-62,66-67H,3-14,17,19-30,32-51,53-55,57-60H2,1-2H3,(H,65,68)/b18-16-,31-15-,56-52+. The van der Waals surface area contributed by atoms with E-state index in [9.17, 15) is 19.8 Å². The van der Waals surface area contributed by atoms with Crippen molar-refractivity contribution in [3.8, 4) is 0 Å². The van der Waals surface area contributed by atoms with E-state index in [-0.39, 0.29) is 18.5 Å². The Kier molecular flexibility index (Phi) is 58.0. The van der Waals surface area contributed by atoms with Crippen LogP contribution in [0.1, 0.15) is 335 Å². The van der Waals surface area contributed by atoms with Crippen LogP contribution in [0, 0.1) is 0 Å². The third-order valence-electron chi connectivity index (χ3n) is 14.4. The Hall–Kier alpha value is -1.92. The average molecular weight is 985 g/mol. The van der Waals surface area contributed by atoms with Gasteiger partial charge in [0, 0.05) is 12.8 Å². The normalized spacial score (nSPS) is 12.8. The molecule has 0 aromatic heterocycles. The van der Waals surface area contributed by atoms with E-state index >= 15 is 0 Å². The number of aliphatic hydroxyl groups excluding tert-OH is 2. The van der Waals surface area contributed by atoms with Crippen molar-refractivity contribution in [2.45, 2.75) is 347 Å². The Bertz CT molecular complexity index is 1130. The summed E-state index contributed by atoms with van der Waals surface area (Å²) in [6, 6.07) is -0.625. The van der Waals surface area contributed by atoms with Gasteiger partial charge in [-0.3, -0.25) is 9.59 Å². The summed E-state index contributed by atoms with van der Waals surface area (Å²) in [4.78, 5) is 24.4. The molecule has 2 unspecified atom stereocenters. The van der Waals surface area contributed by atoms with E-state index in [0.717, 1.165) is 44.9 Å². The number of ether oxygens (including phenoxy) is 1. The Morgan fingerprint density at radius 1 is 0.386 bits per heavy atom. The number of nitrogens with one attached hydrogen (secondary N) is 1. The maximum atomic E-state index is 12.4. The molecule has 6 nitrogen and oxygen atoms in total. The van der Waals surface area contributed by atoms with E-state index in [1.165, 1.54) is 263 Å². The van der Waals surface area contributed by atoms with Crippen LogP contribution in [0.3, 0.4) is 0 Å². The van der Waals surface area contributed by atoms with Gasteiger partial charge in [-0.05, 0) is 83.5 Å². The lowest BCUT2D eigenvalue weighted by atomic mass is 10.0. The van der Waals surface area contributed by atoms with E-state index < -0.39 is 12.1 Å². The molecule has 1 amide bonds. The van der Waals surface area contributed by atoms with Crippen LogP contribution >= 0.6 is 0 Å². The lowest BCUT2D eigenvalue weighted by Crippen LogP contribution is -2.45. The van der Waals surface area contributed by atoms with E-state index in [1.54, 1.807) is 6.08 Å². The molecular weight excluding hydrogens is 863 g/mol. The Labute approximate surface area is 436 Å². The summed E-state index contributed by atoms with van der Waals surface area (Å²) in [5.74, 6) is -0.0614. The summed E-state index contributed by atoms with van der Waals surface area (Å²) in [7, 11) is 0. The van der Waals surface area contributed by atoms with Gasteiger partial charge in [0.15, 0.2) is 0 Å². The minimum Gasteiger partial charge on any atom is -0.466 e. The maximum absolute atomic E-state index is 12.4. The number of allylic oxidation sites excluding steroid dienone is 5. The molecule has 0 aliphatic heterocycles. The molecule has 6 heteroatoms. The lowest BCUT2D eigenvalue weighted by molar-refractivity contribution is -0.143. The first-order valence-corrected chi connectivity index (χ1v) is 31.3. The van der Waals surface area contributed by atoms with Crippen molar-refractivity contribution in [3.05, 3.63) is 36.5 Å². The smallest absolute Gasteiger partial charge is 0.305 e. The topological polar surface area (TPSA) is 95.9 Å². The Balaban J connectivity index is 3.35. The van der Waals surface area contributed by atoms with E-state index in [1.807, 2.05) is 6.08 Å². The first-order chi connectivity index (χ1) is 34.5. The molecule has 0 saturated carbocycles. The minimum absolute atomic E-state index is 0.00804. The maximum Gasteiger partial charge on any atom is 0.305 e. The van der Waals surface area contributed by atoms with Gasteiger partial charge in [-0.2, -0.15) is 0 Å². The van der Waals surface area contributed by atoms with Gasteiger partial charge in [0.05, 0.1) is 25.4 Å². The molecule has 0 radical (unpaired) electrons. The first kappa shape index (κ1) is 68.1. The zero-order valence-electron chi connectivity index (χ0n) is 47.0. The number of rotatable bonds is 58. The predicted octanol–water partition coefficient (Wildman–Crippen LogP) is 19.6. The fourth-order valence-corrected chi connectivity index (χ4v) is 9.57. The molecule has 0 rings (SSSR count). The van der Waals surface area contributed by atoms with Crippen molar-refractivity contribution < 1.29 is 24.5 Å². The van der Waals surface area contributed by atoms with Crippen molar-refractivity contribution in [2.24, 2.45) is 0 Å². The molecule has 412 valence electrons. The average Bonchev–Trinajstić information content (AvgIpc) is 3.36. The van der Waals surface area contributed by atoms with E-state index in [4.69, 9.17) is 4.74 Å². The van der Waals surface area contributed by atoms with Gasteiger partial charge in [0.25, 0.3) is 0 Å². The van der Waals surface area contributed by atoms with Crippen molar-refractivity contribution in [1.29, 1.82) is 0 Å². The zero-order valence-corrected chi connectivity index (χ0v) is 47.0. The highest BCUT2D eigenvalue weighted by Crippen LogP contribution is 2.17. The number of hydrogen-bond acceptors (Lipinski definition) is 5. The van der Waals surface area contributed by atoms with Crippen LogP contribution in [0.4, 0.5) is 0 Å². The Morgan fingerprint density at radius 2 is 0.671 bits per heavy atom. The predicted molar refractivity (Wildman–Crippen MR) is 306 cm³/mol. The van der Waals surface area contributed by atoms with Crippen molar-refractivity contribution >= 4 is 11.9 Å². The number of unbranched alkanes of at least 4 members (excludes halogenated alkanes) is 43. The van der Waals surface area contributed by atoms with Gasteiger partial charge < -0.3 is 20.3 Å². The molecule has 0 saturated heterocycles. The van der Waals surface area contributed by atoms with Gasteiger partial charge in [-0.1, -0.05) is 275 Å². The molecule has 0 aromatic rings. The fourth-order valence-electron chi connectivity index (χ4n) is 9.57. The monoisotopic (exact) mass is 984 g/mol. The summed E-state index contributed by atoms with van der Waals surface area (Å²) in [5.41, 5.74) is 0. The lowest BCUT2D eigenvalue weighted by Gasteiger charge is -2.20. The van der Waals surface area contributed by atoms with Crippen molar-refractivity contribution in [3.63, 3.8) is 0 Å². The molecule has 0 bridgehead atoms. The second-order valence-corrected chi connectivity index (χ2v) is 21.4. The van der Waals surface area contributed by atoms with Gasteiger partial charge in [-0.25, -0.2) is 0 Å². The molecule has 0 fully saturated rings. The number of carbonyl (C=O) groups is 2. The molecule has 0 aromatic carbocycles. The van der Waals surface area contributed by atoms with Crippen LogP contribution in [0.2, 0.25) is 0 Å². The quantitative estimate of drug-likeness (QED) is 0.0321. The highest BCUT2D eigenvalue weighted by atomic mass is 16.5. The van der Waals surface area contributed by atoms with Crippen LogP contribution in [0.5, 0.6) is 0 Å². The number of amides is 1. The summed E-state index contributed by atoms with van der Waals surface area (Å²) in [5, 5.41) is 22.9. The summed E-state index contributed by atoms with van der Waals surface area (Å²) >= 11 is 0. The highest BCUT2D eigenvalue weighted by Gasteiger charge is 2.18. The van der Waals surface area contributed by atoms with Crippen molar-refractivity contribution in [2.75, 3.05) is 13.2 Å². The van der Waals surface area contributed by atoms with Gasteiger partial charge in [0.1, 0.15) is 0 Å². The number of hydrogen-bond donors (Lipinski definition) is 3. The fraction of sp³-hybridized carbons (Fsp3) is 0.875. The van der Waals surface area contributed by atoms with Crippen molar-refractivity contribution in [1.82, 2.24) is 5.32 Å². The van der Waals surface area contributed by atoms with Crippen LogP contribution in [0.25, 0.3) is 0 Å². The molecular formula is C64H121NO5. The second-order valence-electron chi connectivity index (χ2n) is 21.4. The molecule has 0 spiro atoms. The van der Waals surface area contributed by atoms with Gasteiger partial charge in [0.2, 0.25) is 5.91 Å². The third kappa shape index (κ3) is 55.4. The molecule has 70 heavy (non-hydrogen) atoms. The first-order valence-electron chi connectivity index (χ1n) is 31.3. The zero-order chi connectivity index (χ0) is 50.7. The number of carbonyl (C=O) groups excluding carboxylic acids is 2. The summed E-state index contributed by atoms with van der Waals surface area (Å²) < 4.78 is 5.48. The third-order valence-corrected chi connectivity index (χ3v) is 14.4. The molecule has 3 N–H and O–H groups in total. The number of aliphatic hydroxyl groups is 2. The highest BCUT2D eigenvalue weighted by molar-refractivity contribution is 5.76. The molecule has 0 aliphatic rings. The van der Waals surface area contributed by atoms with Gasteiger partial charge >= 0.3 is 5.97 Å². The van der Waals surface area contributed by atoms with Crippen LogP contribution in [-0.2, 0) is 14.3 Å². The number of esters is 1. The summed E-state index contributed by atoms with van der Waals surface area (Å²) in [6.45, 7) is 4.88. The summed E-state index contributed by atoms with van der Waals surface area (Å²) in [6.07, 6.45) is 74.9. The SMILES string of the molecule is CCCCCCCC/C=C\CCCCCCCC(=O)OCCCCCCCCCCCCCC/C=C\CCCCCCCCCCCCCCCC(=O)NC(CO)C(O)/C=C/CCCCCCCCC. The van der Waals surface area contributed by atoms with E-state index in [2.05, 4.69) is 43.5 Å². The van der Waals surface area contributed by atoms with Crippen LogP contribution in [-0.4, -0.2) is 47.4 Å². The Morgan fingerprint density at radius 3 is 1.01 bits per heavy atom. The van der Waals surface area contributed by atoms with Gasteiger partial charge in [-0.15, -0.1) is 0 Å². The molecule has 0 heterocycles. The van der Waals surface area contributed by atoms with E-state index in [0.29, 0.717) is 19.4 Å². The molecule has 0 aliphatic carbocycles.